The van der Waals surface area contributed by atoms with Crippen LogP contribution in [-0.2, 0) is 11.3 Å². The lowest BCUT2D eigenvalue weighted by Crippen LogP contribution is -2.57. The molecule has 1 aliphatic heterocycles. The van der Waals surface area contributed by atoms with Crippen molar-refractivity contribution >= 4 is 5.91 Å². The smallest absolute Gasteiger partial charge is 0.242 e. The highest BCUT2D eigenvalue weighted by Crippen LogP contribution is 2.21. The van der Waals surface area contributed by atoms with Crippen LogP contribution in [0, 0.1) is 0 Å². The number of carbonyl (C=O) groups is 1. The van der Waals surface area contributed by atoms with Crippen molar-refractivity contribution in [2.75, 3.05) is 13.6 Å². The van der Waals surface area contributed by atoms with E-state index in [9.17, 15) is 4.79 Å². The van der Waals surface area contributed by atoms with Gasteiger partial charge in [0.25, 0.3) is 0 Å². The Hall–Kier alpha value is -1.35. The molecule has 0 radical (unpaired) electrons. The molecule has 1 unspecified atom stereocenters. The van der Waals surface area contributed by atoms with Gasteiger partial charge in [0.05, 0.1) is 5.54 Å². The van der Waals surface area contributed by atoms with Crippen molar-refractivity contribution in [3.8, 4) is 0 Å². The van der Waals surface area contributed by atoms with Gasteiger partial charge in [-0.2, -0.15) is 0 Å². The first-order valence-corrected chi connectivity index (χ1v) is 6.66. The fourth-order valence-corrected chi connectivity index (χ4v) is 2.59. The van der Waals surface area contributed by atoms with Gasteiger partial charge in [0.15, 0.2) is 0 Å². The first-order valence-electron chi connectivity index (χ1n) is 6.66. The molecule has 98 valence electrons. The molecule has 0 aliphatic carbocycles. The molecule has 0 saturated carbocycles. The molecule has 3 heteroatoms. The average Bonchev–Trinajstić information content (AvgIpc) is 2.40. The van der Waals surface area contributed by atoms with Gasteiger partial charge in [-0.1, -0.05) is 30.3 Å². The van der Waals surface area contributed by atoms with E-state index in [2.05, 4.69) is 17.4 Å². The van der Waals surface area contributed by atoms with Crippen LogP contribution in [0.3, 0.4) is 0 Å². The quantitative estimate of drug-likeness (QED) is 0.886. The number of piperidine rings is 1. The molecule has 1 N–H and O–H groups in total. The molecule has 0 aromatic heterocycles. The number of benzene rings is 1. The third-order valence-electron chi connectivity index (χ3n) is 3.70. The first-order chi connectivity index (χ1) is 8.62. The summed E-state index contributed by atoms with van der Waals surface area (Å²) in [6, 6.07) is 10.1. The zero-order valence-electron chi connectivity index (χ0n) is 11.3. The van der Waals surface area contributed by atoms with E-state index in [0.29, 0.717) is 6.54 Å². The topological polar surface area (TPSA) is 32.3 Å². The van der Waals surface area contributed by atoms with Crippen LogP contribution in [0.1, 0.15) is 31.7 Å². The predicted molar refractivity (Wildman–Crippen MR) is 73.2 cm³/mol. The van der Waals surface area contributed by atoms with Gasteiger partial charge >= 0.3 is 0 Å². The van der Waals surface area contributed by atoms with Gasteiger partial charge in [-0.05, 0) is 38.3 Å². The SMILES string of the molecule is CN(Cc1ccccc1)C(=O)C1(C)CCCCN1. The van der Waals surface area contributed by atoms with Crippen molar-refractivity contribution in [1.82, 2.24) is 10.2 Å². The van der Waals surface area contributed by atoms with E-state index in [1.165, 1.54) is 12.0 Å². The van der Waals surface area contributed by atoms with Crippen LogP contribution in [0.15, 0.2) is 30.3 Å². The van der Waals surface area contributed by atoms with Gasteiger partial charge in [-0.15, -0.1) is 0 Å². The Balaban J connectivity index is 2.00. The summed E-state index contributed by atoms with van der Waals surface area (Å²) in [5.74, 6) is 0.200. The maximum Gasteiger partial charge on any atom is 0.242 e. The van der Waals surface area contributed by atoms with E-state index in [1.807, 2.05) is 37.1 Å². The second kappa shape index (κ2) is 5.53. The summed E-state index contributed by atoms with van der Waals surface area (Å²) in [6.07, 6.45) is 3.24. The lowest BCUT2D eigenvalue weighted by molar-refractivity contribution is -0.137. The molecule has 3 nitrogen and oxygen atoms in total. The fraction of sp³-hybridized carbons (Fsp3) is 0.533. The van der Waals surface area contributed by atoms with Crippen molar-refractivity contribution in [1.29, 1.82) is 0 Å². The maximum absolute atomic E-state index is 12.5. The number of hydrogen-bond donors (Lipinski definition) is 1. The summed E-state index contributed by atoms with van der Waals surface area (Å²) >= 11 is 0. The van der Waals surface area contributed by atoms with E-state index in [-0.39, 0.29) is 11.4 Å². The average molecular weight is 246 g/mol. The van der Waals surface area contributed by atoms with Gasteiger partial charge < -0.3 is 10.2 Å². The second-order valence-electron chi connectivity index (χ2n) is 5.36. The molecule has 1 atom stereocenters. The van der Waals surface area contributed by atoms with Crippen LogP contribution in [0.4, 0.5) is 0 Å². The molecule has 1 heterocycles. The molecule has 2 rings (SSSR count). The van der Waals surface area contributed by atoms with Crippen molar-refractivity contribution in [2.24, 2.45) is 0 Å². The summed E-state index contributed by atoms with van der Waals surface area (Å²) in [7, 11) is 1.89. The number of likely N-dealkylation sites (N-methyl/N-ethyl adjacent to an activating group) is 1. The van der Waals surface area contributed by atoms with E-state index in [1.54, 1.807) is 0 Å². The molecule has 1 aromatic rings. The minimum atomic E-state index is -0.373. The lowest BCUT2D eigenvalue weighted by atomic mass is 9.89. The third kappa shape index (κ3) is 2.91. The van der Waals surface area contributed by atoms with Gasteiger partial charge in [0, 0.05) is 13.6 Å². The molecule has 1 amide bonds. The number of rotatable bonds is 3. The molecule has 1 aromatic carbocycles. The Morgan fingerprint density at radius 3 is 2.67 bits per heavy atom. The van der Waals surface area contributed by atoms with Crippen LogP contribution >= 0.6 is 0 Å². The second-order valence-corrected chi connectivity index (χ2v) is 5.36. The Morgan fingerprint density at radius 2 is 2.06 bits per heavy atom. The van der Waals surface area contributed by atoms with E-state index < -0.39 is 0 Å². The number of nitrogens with zero attached hydrogens (tertiary/aromatic N) is 1. The Labute approximate surface area is 109 Å². The summed E-state index contributed by atoms with van der Waals surface area (Å²) in [4.78, 5) is 14.3. The molecule has 0 spiro atoms. The Kier molecular flexibility index (Phi) is 4.02. The van der Waals surface area contributed by atoms with E-state index in [4.69, 9.17) is 0 Å². The number of nitrogens with one attached hydrogen (secondary N) is 1. The number of hydrogen-bond acceptors (Lipinski definition) is 2. The van der Waals surface area contributed by atoms with E-state index in [0.717, 1.165) is 19.4 Å². The van der Waals surface area contributed by atoms with Gasteiger partial charge in [-0.3, -0.25) is 4.79 Å². The summed E-state index contributed by atoms with van der Waals surface area (Å²) in [5.41, 5.74) is 0.801. The van der Waals surface area contributed by atoms with Crippen molar-refractivity contribution in [2.45, 2.75) is 38.3 Å². The highest BCUT2D eigenvalue weighted by molar-refractivity contribution is 5.85. The van der Waals surface area contributed by atoms with Gasteiger partial charge in [0.1, 0.15) is 0 Å². The highest BCUT2D eigenvalue weighted by atomic mass is 16.2. The Morgan fingerprint density at radius 1 is 1.33 bits per heavy atom. The lowest BCUT2D eigenvalue weighted by Gasteiger charge is -2.36. The summed E-state index contributed by atoms with van der Waals surface area (Å²) in [6.45, 7) is 3.65. The van der Waals surface area contributed by atoms with Crippen molar-refractivity contribution in [3.05, 3.63) is 35.9 Å². The molecule has 0 bridgehead atoms. The molecule has 1 saturated heterocycles. The van der Waals surface area contributed by atoms with E-state index >= 15 is 0 Å². The fourth-order valence-electron chi connectivity index (χ4n) is 2.59. The predicted octanol–water partition coefficient (Wildman–Crippen LogP) is 2.18. The third-order valence-corrected chi connectivity index (χ3v) is 3.70. The molecule has 1 fully saturated rings. The Bertz CT molecular complexity index is 396. The number of carbonyl (C=O) groups excluding carboxylic acids is 1. The molecular weight excluding hydrogens is 224 g/mol. The van der Waals surface area contributed by atoms with Crippen LogP contribution in [0.25, 0.3) is 0 Å². The zero-order chi connectivity index (χ0) is 13.0. The normalized spacial score (nSPS) is 23.7. The molecular formula is C15H22N2O. The first kappa shape index (κ1) is 13.1. The van der Waals surface area contributed by atoms with Gasteiger partial charge in [-0.25, -0.2) is 0 Å². The maximum atomic E-state index is 12.5. The van der Waals surface area contributed by atoms with Crippen LogP contribution in [0.2, 0.25) is 0 Å². The van der Waals surface area contributed by atoms with Crippen molar-refractivity contribution in [3.63, 3.8) is 0 Å². The summed E-state index contributed by atoms with van der Waals surface area (Å²) < 4.78 is 0. The van der Waals surface area contributed by atoms with Crippen LogP contribution in [0.5, 0.6) is 0 Å². The molecule has 1 aliphatic rings. The highest BCUT2D eigenvalue weighted by Gasteiger charge is 2.36. The largest absolute Gasteiger partial charge is 0.340 e. The van der Waals surface area contributed by atoms with Crippen LogP contribution in [-0.4, -0.2) is 29.9 Å². The zero-order valence-corrected chi connectivity index (χ0v) is 11.3. The van der Waals surface area contributed by atoms with Crippen LogP contribution < -0.4 is 5.32 Å². The minimum Gasteiger partial charge on any atom is -0.340 e. The minimum absolute atomic E-state index is 0.200. The van der Waals surface area contributed by atoms with Gasteiger partial charge in [0.2, 0.25) is 5.91 Å². The van der Waals surface area contributed by atoms with Crippen molar-refractivity contribution < 1.29 is 4.79 Å². The number of amides is 1. The summed E-state index contributed by atoms with van der Waals surface area (Å²) in [5, 5.41) is 3.37. The molecule has 18 heavy (non-hydrogen) atoms. The monoisotopic (exact) mass is 246 g/mol. The standard InChI is InChI=1S/C15H22N2O/c1-15(10-6-7-11-16-15)14(18)17(2)12-13-8-4-3-5-9-13/h3-5,8-9,16H,6-7,10-12H2,1-2H3.